The summed E-state index contributed by atoms with van der Waals surface area (Å²) in [6.45, 7) is -0.777. The number of carbonyl (C=O) groups excluding carboxylic acids is 4. The summed E-state index contributed by atoms with van der Waals surface area (Å²) in [5, 5.41) is 0. The minimum Gasteiger partial charge on any atom is -0.454 e. The Hall–Kier alpha value is -4.49. The molecule has 0 fully saturated rings. The zero-order chi connectivity index (χ0) is 26.0. The lowest BCUT2D eigenvalue weighted by atomic mass is 10.1. The summed E-state index contributed by atoms with van der Waals surface area (Å²) in [7, 11) is 0. The van der Waals surface area contributed by atoms with Gasteiger partial charge >= 0.3 is 11.9 Å². The Labute approximate surface area is 218 Å². The maximum Gasteiger partial charge on any atom is 0.339 e. The van der Waals surface area contributed by atoms with Crippen molar-refractivity contribution in [2.75, 3.05) is 13.2 Å². The van der Waals surface area contributed by atoms with E-state index in [1.807, 2.05) is 0 Å². The molecule has 0 unspecified atom stereocenters. The second-order valence-electron chi connectivity index (χ2n) is 7.83. The predicted octanol–water partition coefficient (Wildman–Crippen LogP) is 5.92. The standard InChI is InChI=1S/C30H22O6S/c31-25(21-11-3-1-4-12-21)19-35-29(33)23-15-7-9-17-27(23)37-28-18-10-8-16-24(28)30(34)36-20-26(32)22-13-5-2-6-14-22/h1-18H,19-20H2. The van der Waals surface area contributed by atoms with Gasteiger partial charge in [0, 0.05) is 20.9 Å². The average Bonchev–Trinajstić information content (AvgIpc) is 2.95. The first kappa shape index (κ1) is 25.6. The van der Waals surface area contributed by atoms with E-state index < -0.39 is 11.9 Å². The van der Waals surface area contributed by atoms with Crippen LogP contribution in [0, 0.1) is 0 Å². The zero-order valence-corrected chi connectivity index (χ0v) is 20.5. The summed E-state index contributed by atoms with van der Waals surface area (Å²) >= 11 is 1.19. The van der Waals surface area contributed by atoms with Crippen LogP contribution in [0.1, 0.15) is 41.4 Å². The monoisotopic (exact) mass is 510 g/mol. The van der Waals surface area contributed by atoms with Gasteiger partial charge in [0.15, 0.2) is 24.8 Å². The molecule has 0 N–H and O–H groups in total. The van der Waals surface area contributed by atoms with Crippen LogP contribution in [0.2, 0.25) is 0 Å². The predicted molar refractivity (Wildman–Crippen MR) is 139 cm³/mol. The first-order valence-corrected chi connectivity index (χ1v) is 12.2. The van der Waals surface area contributed by atoms with E-state index in [0.29, 0.717) is 20.9 Å². The minimum atomic E-state index is -0.652. The van der Waals surface area contributed by atoms with E-state index in [-0.39, 0.29) is 35.9 Å². The smallest absolute Gasteiger partial charge is 0.339 e. The maximum absolute atomic E-state index is 12.8. The van der Waals surface area contributed by atoms with Gasteiger partial charge in [-0.3, -0.25) is 9.59 Å². The lowest BCUT2D eigenvalue weighted by Crippen LogP contribution is -2.15. The van der Waals surface area contributed by atoms with Crippen LogP contribution in [-0.2, 0) is 9.47 Å². The summed E-state index contributed by atoms with van der Waals surface area (Å²) < 4.78 is 10.6. The van der Waals surface area contributed by atoms with Gasteiger partial charge in [-0.2, -0.15) is 0 Å². The van der Waals surface area contributed by atoms with Gasteiger partial charge in [0.05, 0.1) is 11.1 Å². The lowest BCUT2D eigenvalue weighted by molar-refractivity contribution is 0.0469. The van der Waals surface area contributed by atoms with Crippen LogP contribution in [-0.4, -0.2) is 36.7 Å². The van der Waals surface area contributed by atoms with Crippen molar-refractivity contribution in [3.05, 3.63) is 131 Å². The molecule has 0 atom stereocenters. The molecule has 0 heterocycles. The number of rotatable bonds is 10. The molecule has 0 radical (unpaired) electrons. The number of Topliss-reactive ketones (excluding diaryl/α,β-unsaturated/α-hetero) is 2. The number of benzene rings is 4. The third-order valence-corrected chi connectivity index (χ3v) is 6.45. The maximum atomic E-state index is 12.8. The van der Waals surface area contributed by atoms with E-state index in [1.54, 1.807) is 109 Å². The molecule has 7 heteroatoms. The highest BCUT2D eigenvalue weighted by Crippen LogP contribution is 2.33. The van der Waals surface area contributed by atoms with E-state index in [9.17, 15) is 19.2 Å². The SMILES string of the molecule is O=C(COC(=O)c1ccccc1Sc1ccccc1C(=O)OCC(=O)c1ccccc1)c1ccccc1. The minimum absolute atomic E-state index is 0.260. The molecule has 37 heavy (non-hydrogen) atoms. The molecule has 0 aliphatic heterocycles. The van der Waals surface area contributed by atoms with Gasteiger partial charge < -0.3 is 9.47 Å². The van der Waals surface area contributed by atoms with Crippen molar-refractivity contribution in [1.29, 1.82) is 0 Å². The number of carbonyl (C=O) groups is 4. The largest absolute Gasteiger partial charge is 0.454 e. The number of ether oxygens (including phenoxy) is 2. The summed E-state index contributed by atoms with van der Waals surface area (Å²) in [5.74, 6) is -1.92. The molecular weight excluding hydrogens is 488 g/mol. The summed E-state index contributed by atoms with van der Waals surface area (Å²) in [6.07, 6.45) is 0. The van der Waals surface area contributed by atoms with Crippen molar-refractivity contribution in [1.82, 2.24) is 0 Å². The fourth-order valence-corrected chi connectivity index (χ4v) is 4.45. The molecular formula is C30H22O6S. The van der Waals surface area contributed by atoms with Crippen LogP contribution in [0.3, 0.4) is 0 Å². The number of ketones is 2. The number of hydrogen-bond donors (Lipinski definition) is 0. The average molecular weight is 511 g/mol. The van der Waals surface area contributed by atoms with Gasteiger partial charge in [0.1, 0.15) is 0 Å². The third kappa shape index (κ3) is 6.80. The molecule has 0 spiro atoms. The van der Waals surface area contributed by atoms with Gasteiger partial charge in [-0.25, -0.2) is 9.59 Å². The van der Waals surface area contributed by atoms with E-state index in [0.717, 1.165) is 0 Å². The van der Waals surface area contributed by atoms with E-state index in [1.165, 1.54) is 11.8 Å². The fraction of sp³-hybridized carbons (Fsp3) is 0.0667. The molecule has 0 saturated heterocycles. The van der Waals surface area contributed by atoms with E-state index in [2.05, 4.69) is 0 Å². The van der Waals surface area contributed by atoms with Crippen molar-refractivity contribution in [2.24, 2.45) is 0 Å². The van der Waals surface area contributed by atoms with Gasteiger partial charge in [0.25, 0.3) is 0 Å². The molecule has 0 aromatic heterocycles. The van der Waals surface area contributed by atoms with Gasteiger partial charge in [-0.05, 0) is 24.3 Å². The third-order valence-electron chi connectivity index (χ3n) is 5.29. The molecule has 0 saturated carbocycles. The van der Waals surface area contributed by atoms with Crippen LogP contribution in [0.4, 0.5) is 0 Å². The molecule has 0 bridgehead atoms. The van der Waals surface area contributed by atoms with Crippen LogP contribution in [0.25, 0.3) is 0 Å². The first-order valence-electron chi connectivity index (χ1n) is 11.4. The van der Waals surface area contributed by atoms with Gasteiger partial charge in [-0.1, -0.05) is 96.7 Å². The summed E-state index contributed by atoms with van der Waals surface area (Å²) in [4.78, 5) is 51.3. The van der Waals surface area contributed by atoms with Crippen molar-refractivity contribution < 1.29 is 28.7 Å². The highest BCUT2D eigenvalue weighted by molar-refractivity contribution is 7.99. The molecule has 0 aliphatic carbocycles. The van der Waals surface area contributed by atoms with Crippen molar-refractivity contribution >= 4 is 35.3 Å². The van der Waals surface area contributed by atoms with Crippen LogP contribution < -0.4 is 0 Å². The van der Waals surface area contributed by atoms with Crippen LogP contribution in [0.5, 0.6) is 0 Å². The number of esters is 2. The molecule has 184 valence electrons. The lowest BCUT2D eigenvalue weighted by Gasteiger charge is -2.12. The molecule has 0 aliphatic rings. The molecule has 0 amide bonds. The molecule has 4 aromatic rings. The second-order valence-corrected chi connectivity index (χ2v) is 8.91. The second kappa shape index (κ2) is 12.5. The highest BCUT2D eigenvalue weighted by atomic mass is 32.2. The van der Waals surface area contributed by atoms with Crippen molar-refractivity contribution in [2.45, 2.75) is 9.79 Å². The Morgan fingerprint density at radius 1 is 0.486 bits per heavy atom. The number of hydrogen-bond acceptors (Lipinski definition) is 7. The molecule has 4 aromatic carbocycles. The molecule has 6 nitrogen and oxygen atoms in total. The highest BCUT2D eigenvalue weighted by Gasteiger charge is 2.19. The normalized spacial score (nSPS) is 10.4. The summed E-state index contributed by atoms with van der Waals surface area (Å²) in [5.41, 5.74) is 1.43. The first-order chi connectivity index (χ1) is 18.0. The Kier molecular flexibility index (Phi) is 8.62. The zero-order valence-electron chi connectivity index (χ0n) is 19.7. The quantitative estimate of drug-likeness (QED) is 0.193. The Bertz CT molecular complexity index is 1310. The summed E-state index contributed by atoms with van der Waals surface area (Å²) in [6, 6.07) is 30.7. The van der Waals surface area contributed by atoms with E-state index >= 15 is 0 Å². The topological polar surface area (TPSA) is 86.7 Å². The van der Waals surface area contributed by atoms with Crippen LogP contribution in [0.15, 0.2) is 119 Å². The van der Waals surface area contributed by atoms with Gasteiger partial charge in [-0.15, -0.1) is 0 Å². The van der Waals surface area contributed by atoms with Gasteiger partial charge in [0.2, 0.25) is 0 Å². The Morgan fingerprint density at radius 2 is 0.838 bits per heavy atom. The fourth-order valence-electron chi connectivity index (χ4n) is 3.40. The van der Waals surface area contributed by atoms with Crippen LogP contribution >= 0.6 is 11.8 Å². The molecule has 4 rings (SSSR count). The Balaban J connectivity index is 1.44. The van der Waals surface area contributed by atoms with Crippen molar-refractivity contribution in [3.8, 4) is 0 Å². The van der Waals surface area contributed by atoms with Crippen molar-refractivity contribution in [3.63, 3.8) is 0 Å². The van der Waals surface area contributed by atoms with E-state index in [4.69, 9.17) is 9.47 Å². The Morgan fingerprint density at radius 3 is 1.24 bits per heavy atom.